The standard InChI is InChI=1S/C14H27N3O2S/c1-5-12-11-14(17(4)16-12)13(15-6-2)9-8-10-20(18,19)7-3/h11,13,15H,5-10H2,1-4H3. The van der Waals surface area contributed by atoms with Gasteiger partial charge >= 0.3 is 0 Å². The summed E-state index contributed by atoms with van der Waals surface area (Å²) >= 11 is 0. The van der Waals surface area contributed by atoms with E-state index in [0.29, 0.717) is 6.42 Å². The summed E-state index contributed by atoms with van der Waals surface area (Å²) in [4.78, 5) is 0. The van der Waals surface area contributed by atoms with Crippen molar-refractivity contribution in [2.24, 2.45) is 7.05 Å². The van der Waals surface area contributed by atoms with Crippen LogP contribution in [0.1, 0.15) is 51.0 Å². The number of hydrogen-bond acceptors (Lipinski definition) is 4. The lowest BCUT2D eigenvalue weighted by atomic mass is 10.1. The molecule has 1 aromatic rings. The maximum atomic E-state index is 11.6. The van der Waals surface area contributed by atoms with Gasteiger partial charge in [-0.25, -0.2) is 8.42 Å². The molecule has 116 valence electrons. The van der Waals surface area contributed by atoms with Gasteiger partial charge in [-0.3, -0.25) is 4.68 Å². The number of aromatic nitrogens is 2. The van der Waals surface area contributed by atoms with Gasteiger partial charge in [0.05, 0.1) is 17.1 Å². The molecule has 1 N–H and O–H groups in total. The van der Waals surface area contributed by atoms with Crippen molar-refractivity contribution in [1.82, 2.24) is 15.1 Å². The smallest absolute Gasteiger partial charge is 0.150 e. The number of nitrogens with one attached hydrogen (secondary N) is 1. The fraction of sp³-hybridized carbons (Fsp3) is 0.786. The Bertz CT molecular complexity index is 508. The van der Waals surface area contributed by atoms with Crippen LogP contribution in [0.4, 0.5) is 0 Å². The summed E-state index contributed by atoms with van der Waals surface area (Å²) in [5, 5.41) is 7.89. The van der Waals surface area contributed by atoms with E-state index in [-0.39, 0.29) is 17.5 Å². The maximum absolute atomic E-state index is 11.6. The Balaban J connectivity index is 2.71. The quantitative estimate of drug-likeness (QED) is 0.756. The third kappa shape index (κ3) is 4.90. The molecule has 0 fully saturated rings. The first-order valence-electron chi connectivity index (χ1n) is 7.40. The Morgan fingerprint density at radius 2 is 2.05 bits per heavy atom. The molecule has 0 radical (unpaired) electrons. The van der Waals surface area contributed by atoms with Crippen molar-refractivity contribution in [1.29, 1.82) is 0 Å². The van der Waals surface area contributed by atoms with E-state index in [1.165, 1.54) is 0 Å². The molecular weight excluding hydrogens is 274 g/mol. The number of nitrogens with zero attached hydrogens (tertiary/aromatic N) is 2. The summed E-state index contributed by atoms with van der Waals surface area (Å²) in [6.45, 7) is 6.71. The van der Waals surface area contributed by atoms with E-state index in [1.54, 1.807) is 6.92 Å². The summed E-state index contributed by atoms with van der Waals surface area (Å²) < 4.78 is 25.0. The number of sulfone groups is 1. The summed E-state index contributed by atoms with van der Waals surface area (Å²) in [6.07, 6.45) is 2.41. The lowest BCUT2D eigenvalue weighted by Crippen LogP contribution is -2.24. The molecule has 1 heterocycles. The summed E-state index contributed by atoms with van der Waals surface area (Å²) in [6, 6.07) is 2.28. The molecule has 20 heavy (non-hydrogen) atoms. The maximum Gasteiger partial charge on any atom is 0.150 e. The number of hydrogen-bond donors (Lipinski definition) is 1. The minimum atomic E-state index is -2.87. The van der Waals surface area contributed by atoms with Gasteiger partial charge in [0.1, 0.15) is 9.84 Å². The first kappa shape index (κ1) is 17.2. The first-order valence-corrected chi connectivity index (χ1v) is 9.22. The zero-order valence-electron chi connectivity index (χ0n) is 13.0. The Morgan fingerprint density at radius 1 is 1.35 bits per heavy atom. The molecule has 1 rings (SSSR count). The van der Waals surface area contributed by atoms with E-state index in [1.807, 2.05) is 11.7 Å². The topological polar surface area (TPSA) is 64.0 Å². The molecule has 0 spiro atoms. The lowest BCUT2D eigenvalue weighted by Gasteiger charge is -2.18. The van der Waals surface area contributed by atoms with Crippen LogP contribution >= 0.6 is 0 Å². The molecule has 5 nitrogen and oxygen atoms in total. The average molecular weight is 301 g/mol. The molecule has 0 saturated carbocycles. The van der Waals surface area contributed by atoms with Crippen molar-refractivity contribution in [3.05, 3.63) is 17.5 Å². The van der Waals surface area contributed by atoms with Crippen LogP contribution in [0.25, 0.3) is 0 Å². The molecule has 0 aliphatic carbocycles. The molecule has 0 aliphatic rings. The van der Waals surface area contributed by atoms with Gasteiger partial charge in [0, 0.05) is 18.8 Å². The van der Waals surface area contributed by atoms with Crippen LogP contribution in [0.2, 0.25) is 0 Å². The molecule has 6 heteroatoms. The Morgan fingerprint density at radius 3 is 2.55 bits per heavy atom. The Hall–Kier alpha value is -0.880. The second-order valence-electron chi connectivity index (χ2n) is 5.03. The summed E-state index contributed by atoms with van der Waals surface area (Å²) in [5.74, 6) is 0.494. The van der Waals surface area contributed by atoms with Crippen molar-refractivity contribution in [2.75, 3.05) is 18.1 Å². The Labute approximate surface area is 122 Å². The van der Waals surface area contributed by atoms with Crippen LogP contribution in [0.15, 0.2) is 6.07 Å². The van der Waals surface area contributed by atoms with E-state index in [2.05, 4.69) is 30.3 Å². The highest BCUT2D eigenvalue weighted by atomic mass is 32.2. The molecule has 0 bridgehead atoms. The van der Waals surface area contributed by atoms with Crippen LogP contribution in [-0.2, 0) is 23.3 Å². The van der Waals surface area contributed by atoms with Gasteiger partial charge in [0.25, 0.3) is 0 Å². The van der Waals surface area contributed by atoms with E-state index in [4.69, 9.17) is 0 Å². The van der Waals surface area contributed by atoms with E-state index in [0.717, 1.165) is 30.8 Å². The van der Waals surface area contributed by atoms with Gasteiger partial charge in [-0.2, -0.15) is 5.10 Å². The molecule has 1 atom stereocenters. The molecule has 0 aliphatic heterocycles. The predicted molar refractivity (Wildman–Crippen MR) is 82.6 cm³/mol. The van der Waals surface area contributed by atoms with Crippen LogP contribution < -0.4 is 5.32 Å². The van der Waals surface area contributed by atoms with Gasteiger partial charge in [-0.15, -0.1) is 0 Å². The molecule has 1 aromatic heterocycles. The van der Waals surface area contributed by atoms with Gasteiger partial charge in [-0.05, 0) is 31.9 Å². The minimum Gasteiger partial charge on any atom is -0.309 e. The Kier molecular flexibility index (Phi) is 6.68. The molecular formula is C14H27N3O2S. The largest absolute Gasteiger partial charge is 0.309 e. The minimum absolute atomic E-state index is 0.171. The van der Waals surface area contributed by atoms with Gasteiger partial charge in [-0.1, -0.05) is 20.8 Å². The number of rotatable bonds is 9. The lowest BCUT2D eigenvalue weighted by molar-refractivity contribution is 0.474. The van der Waals surface area contributed by atoms with Crippen molar-refractivity contribution < 1.29 is 8.42 Å². The second kappa shape index (κ2) is 7.78. The summed E-state index contributed by atoms with van der Waals surface area (Å²) in [5.41, 5.74) is 2.21. The highest BCUT2D eigenvalue weighted by Crippen LogP contribution is 2.20. The van der Waals surface area contributed by atoms with Crippen LogP contribution in [0, 0.1) is 0 Å². The first-order chi connectivity index (χ1) is 9.43. The monoisotopic (exact) mass is 301 g/mol. The van der Waals surface area contributed by atoms with Crippen molar-refractivity contribution >= 4 is 9.84 Å². The highest BCUT2D eigenvalue weighted by Gasteiger charge is 2.17. The fourth-order valence-electron chi connectivity index (χ4n) is 2.29. The second-order valence-corrected chi connectivity index (χ2v) is 7.50. The molecule has 0 aromatic carbocycles. The molecule has 1 unspecified atom stereocenters. The summed E-state index contributed by atoms with van der Waals surface area (Å²) in [7, 11) is -0.926. The highest BCUT2D eigenvalue weighted by molar-refractivity contribution is 7.91. The van der Waals surface area contributed by atoms with Crippen molar-refractivity contribution in [3.8, 4) is 0 Å². The zero-order chi connectivity index (χ0) is 15.2. The van der Waals surface area contributed by atoms with Crippen LogP contribution in [0.3, 0.4) is 0 Å². The average Bonchev–Trinajstić information content (AvgIpc) is 2.79. The SMILES string of the molecule is CCNC(CCCS(=O)(=O)CC)c1cc(CC)nn1C. The van der Waals surface area contributed by atoms with Crippen LogP contribution in [-0.4, -0.2) is 36.2 Å². The molecule has 0 amide bonds. The zero-order valence-corrected chi connectivity index (χ0v) is 13.8. The van der Waals surface area contributed by atoms with E-state index < -0.39 is 9.84 Å². The third-order valence-electron chi connectivity index (χ3n) is 3.52. The predicted octanol–water partition coefficient (Wildman–Crippen LogP) is 1.85. The van der Waals surface area contributed by atoms with Crippen molar-refractivity contribution in [3.63, 3.8) is 0 Å². The van der Waals surface area contributed by atoms with Gasteiger partial charge in [0.15, 0.2) is 0 Å². The van der Waals surface area contributed by atoms with E-state index >= 15 is 0 Å². The normalized spacial score (nSPS) is 13.6. The third-order valence-corrected chi connectivity index (χ3v) is 5.31. The number of aryl methyl sites for hydroxylation is 2. The fourth-order valence-corrected chi connectivity index (χ4v) is 3.19. The van der Waals surface area contributed by atoms with Gasteiger partial charge < -0.3 is 5.32 Å². The molecule has 0 saturated heterocycles. The van der Waals surface area contributed by atoms with E-state index in [9.17, 15) is 8.42 Å². The van der Waals surface area contributed by atoms with Crippen LogP contribution in [0.5, 0.6) is 0 Å². The van der Waals surface area contributed by atoms with Gasteiger partial charge in [0.2, 0.25) is 0 Å². The van der Waals surface area contributed by atoms with Crippen molar-refractivity contribution in [2.45, 2.75) is 46.1 Å².